The van der Waals surface area contributed by atoms with Crippen molar-refractivity contribution in [3.05, 3.63) is 22.7 Å². The number of hydrogen-bond donors (Lipinski definition) is 1. The van der Waals surface area contributed by atoms with Crippen LogP contribution in [0.4, 0.5) is 5.69 Å². The van der Waals surface area contributed by atoms with Gasteiger partial charge in [0.15, 0.2) is 0 Å². The van der Waals surface area contributed by atoms with Crippen LogP contribution in [0.3, 0.4) is 0 Å². The van der Waals surface area contributed by atoms with Gasteiger partial charge >= 0.3 is 0 Å². The fourth-order valence-electron chi connectivity index (χ4n) is 1.14. The molecule has 2 nitrogen and oxygen atoms in total. The van der Waals surface area contributed by atoms with Crippen LogP contribution in [-0.4, -0.2) is 6.61 Å². The summed E-state index contributed by atoms with van der Waals surface area (Å²) >= 11 is 3.35. The number of nitrogen functional groups attached to an aromatic ring is 1. The van der Waals surface area contributed by atoms with E-state index in [2.05, 4.69) is 15.9 Å². The van der Waals surface area contributed by atoms with E-state index in [-0.39, 0.29) is 0 Å². The van der Waals surface area contributed by atoms with Crippen molar-refractivity contribution in [3.8, 4) is 5.75 Å². The van der Waals surface area contributed by atoms with E-state index in [0.29, 0.717) is 5.69 Å². The molecule has 0 bridgehead atoms. The number of ether oxygens (including phenoxy) is 1. The van der Waals surface area contributed by atoms with Gasteiger partial charge in [-0.2, -0.15) is 0 Å². The zero-order chi connectivity index (χ0) is 9.26. The van der Waals surface area contributed by atoms with Crippen LogP contribution < -0.4 is 10.5 Å². The first kappa shape index (κ1) is 8.88. The number of benzene rings is 1. The standard InChI is InChI=1S/C10H12BrNO/c11-8-3-4-10(9(12)5-8)13-6-7-1-2-7/h3-5,7H,1-2,6,12H2. The third-order valence-electron chi connectivity index (χ3n) is 2.14. The molecule has 3 heteroatoms. The Kier molecular flexibility index (Phi) is 2.44. The van der Waals surface area contributed by atoms with Gasteiger partial charge < -0.3 is 10.5 Å². The van der Waals surface area contributed by atoms with E-state index in [1.165, 1.54) is 12.8 Å². The summed E-state index contributed by atoms with van der Waals surface area (Å²) in [4.78, 5) is 0. The lowest BCUT2D eigenvalue weighted by Crippen LogP contribution is -2.01. The molecule has 0 heterocycles. The van der Waals surface area contributed by atoms with Crippen LogP contribution in [0.1, 0.15) is 12.8 Å². The van der Waals surface area contributed by atoms with Crippen molar-refractivity contribution in [1.82, 2.24) is 0 Å². The highest BCUT2D eigenvalue weighted by Crippen LogP contribution is 2.31. The van der Waals surface area contributed by atoms with Crippen LogP contribution in [0.5, 0.6) is 5.75 Å². The maximum atomic E-state index is 5.77. The smallest absolute Gasteiger partial charge is 0.142 e. The van der Waals surface area contributed by atoms with Crippen molar-refractivity contribution in [2.45, 2.75) is 12.8 Å². The minimum Gasteiger partial charge on any atom is -0.491 e. The summed E-state index contributed by atoms with van der Waals surface area (Å²) in [7, 11) is 0. The van der Waals surface area contributed by atoms with Gasteiger partial charge in [0.2, 0.25) is 0 Å². The molecule has 70 valence electrons. The maximum Gasteiger partial charge on any atom is 0.142 e. The highest BCUT2D eigenvalue weighted by molar-refractivity contribution is 9.10. The lowest BCUT2D eigenvalue weighted by atomic mass is 10.3. The monoisotopic (exact) mass is 241 g/mol. The summed E-state index contributed by atoms with van der Waals surface area (Å²) in [5.74, 6) is 1.57. The van der Waals surface area contributed by atoms with Crippen molar-refractivity contribution >= 4 is 21.6 Å². The quantitative estimate of drug-likeness (QED) is 0.827. The summed E-state index contributed by atoms with van der Waals surface area (Å²) in [6.45, 7) is 0.811. The van der Waals surface area contributed by atoms with Crippen molar-refractivity contribution < 1.29 is 4.74 Å². The molecule has 0 amide bonds. The van der Waals surface area contributed by atoms with Crippen molar-refractivity contribution in [2.24, 2.45) is 5.92 Å². The van der Waals surface area contributed by atoms with Crippen molar-refractivity contribution in [2.75, 3.05) is 12.3 Å². The summed E-state index contributed by atoms with van der Waals surface area (Å²) in [5, 5.41) is 0. The van der Waals surface area contributed by atoms with Gasteiger partial charge in [-0.05, 0) is 37.0 Å². The van der Waals surface area contributed by atoms with E-state index in [1.54, 1.807) is 0 Å². The predicted octanol–water partition coefficient (Wildman–Crippen LogP) is 2.82. The largest absolute Gasteiger partial charge is 0.491 e. The van der Waals surface area contributed by atoms with Gasteiger partial charge in [0.1, 0.15) is 5.75 Å². The topological polar surface area (TPSA) is 35.2 Å². The molecule has 0 saturated heterocycles. The average Bonchev–Trinajstić information content (AvgIpc) is 2.86. The van der Waals surface area contributed by atoms with Gasteiger partial charge in [-0.3, -0.25) is 0 Å². The molecule has 1 aliphatic carbocycles. The molecule has 1 saturated carbocycles. The first-order chi connectivity index (χ1) is 6.25. The van der Waals surface area contributed by atoms with Crippen LogP contribution in [-0.2, 0) is 0 Å². The maximum absolute atomic E-state index is 5.77. The van der Waals surface area contributed by atoms with E-state index < -0.39 is 0 Å². The molecular weight excluding hydrogens is 230 g/mol. The third-order valence-corrected chi connectivity index (χ3v) is 2.64. The molecular formula is C10H12BrNO. The SMILES string of the molecule is Nc1cc(Br)ccc1OCC1CC1. The average molecular weight is 242 g/mol. The molecule has 0 atom stereocenters. The summed E-state index contributed by atoms with van der Waals surface area (Å²) in [5.41, 5.74) is 6.48. The number of anilines is 1. The molecule has 1 aromatic rings. The van der Waals surface area contributed by atoms with Crippen LogP contribution in [0.25, 0.3) is 0 Å². The predicted molar refractivity (Wildman–Crippen MR) is 56.8 cm³/mol. The van der Waals surface area contributed by atoms with E-state index in [1.807, 2.05) is 18.2 Å². The Morgan fingerprint density at radius 3 is 2.85 bits per heavy atom. The van der Waals surface area contributed by atoms with Crippen molar-refractivity contribution in [1.29, 1.82) is 0 Å². The highest BCUT2D eigenvalue weighted by Gasteiger charge is 2.22. The molecule has 1 aromatic carbocycles. The highest BCUT2D eigenvalue weighted by atomic mass is 79.9. The Balaban J connectivity index is 2.01. The second-order valence-electron chi connectivity index (χ2n) is 3.44. The Morgan fingerprint density at radius 2 is 2.23 bits per heavy atom. The number of hydrogen-bond acceptors (Lipinski definition) is 2. The molecule has 0 aliphatic heterocycles. The fraction of sp³-hybridized carbons (Fsp3) is 0.400. The normalized spacial score (nSPS) is 15.8. The van der Waals surface area contributed by atoms with Crippen LogP contribution in [0, 0.1) is 5.92 Å². The Morgan fingerprint density at radius 1 is 1.46 bits per heavy atom. The molecule has 0 radical (unpaired) electrons. The molecule has 1 aliphatic rings. The summed E-state index contributed by atoms with van der Waals surface area (Å²) < 4.78 is 6.56. The molecule has 2 rings (SSSR count). The molecule has 13 heavy (non-hydrogen) atoms. The molecule has 0 aromatic heterocycles. The Bertz CT molecular complexity index is 310. The number of rotatable bonds is 3. The molecule has 0 unspecified atom stereocenters. The lowest BCUT2D eigenvalue weighted by Gasteiger charge is -2.07. The summed E-state index contributed by atoms with van der Waals surface area (Å²) in [6.07, 6.45) is 2.60. The first-order valence-electron chi connectivity index (χ1n) is 4.43. The second-order valence-corrected chi connectivity index (χ2v) is 4.35. The van der Waals surface area contributed by atoms with E-state index in [0.717, 1.165) is 22.7 Å². The van der Waals surface area contributed by atoms with Gasteiger partial charge in [0.25, 0.3) is 0 Å². The van der Waals surface area contributed by atoms with Crippen LogP contribution in [0.2, 0.25) is 0 Å². The van der Waals surface area contributed by atoms with Crippen molar-refractivity contribution in [3.63, 3.8) is 0 Å². The number of halogens is 1. The van der Waals surface area contributed by atoms with Gasteiger partial charge in [0.05, 0.1) is 12.3 Å². The first-order valence-corrected chi connectivity index (χ1v) is 5.23. The van der Waals surface area contributed by atoms with Gasteiger partial charge in [-0.1, -0.05) is 15.9 Å². The van der Waals surface area contributed by atoms with Crippen LogP contribution >= 0.6 is 15.9 Å². The van der Waals surface area contributed by atoms with Crippen LogP contribution in [0.15, 0.2) is 22.7 Å². The minimum absolute atomic E-state index is 0.704. The zero-order valence-electron chi connectivity index (χ0n) is 7.29. The molecule has 0 spiro atoms. The molecule has 2 N–H and O–H groups in total. The summed E-state index contributed by atoms with van der Waals surface area (Å²) in [6, 6.07) is 5.71. The molecule has 1 fully saturated rings. The van der Waals surface area contributed by atoms with E-state index in [4.69, 9.17) is 10.5 Å². The second kappa shape index (κ2) is 3.58. The zero-order valence-corrected chi connectivity index (χ0v) is 8.88. The van der Waals surface area contributed by atoms with E-state index in [9.17, 15) is 0 Å². The van der Waals surface area contributed by atoms with E-state index >= 15 is 0 Å². The van der Waals surface area contributed by atoms with Gasteiger partial charge in [0, 0.05) is 4.47 Å². The van der Waals surface area contributed by atoms with Gasteiger partial charge in [-0.25, -0.2) is 0 Å². The fourth-order valence-corrected chi connectivity index (χ4v) is 1.52. The van der Waals surface area contributed by atoms with Gasteiger partial charge in [-0.15, -0.1) is 0 Å². The minimum atomic E-state index is 0.704. The Labute approximate surface area is 86.2 Å². The lowest BCUT2D eigenvalue weighted by molar-refractivity contribution is 0.301. The Hall–Kier alpha value is -0.700. The third kappa shape index (κ3) is 2.37. The number of nitrogens with two attached hydrogens (primary N) is 1.